The third kappa shape index (κ3) is 4.16. The predicted molar refractivity (Wildman–Crippen MR) is 80.0 cm³/mol. The number of hydrogen-bond acceptors (Lipinski definition) is 2. The van der Waals surface area contributed by atoms with E-state index in [0.29, 0.717) is 5.92 Å². The highest BCUT2D eigenvalue weighted by atomic mass is 35.5. The molecule has 0 amide bonds. The summed E-state index contributed by atoms with van der Waals surface area (Å²) in [6.45, 7) is 6.34. The molecule has 0 saturated carbocycles. The fourth-order valence-electron chi connectivity index (χ4n) is 2.80. The van der Waals surface area contributed by atoms with Crippen LogP contribution in [0, 0.1) is 11.7 Å². The van der Waals surface area contributed by atoms with Gasteiger partial charge in [-0.05, 0) is 56.8 Å². The van der Waals surface area contributed by atoms with E-state index < -0.39 is 0 Å². The first-order valence-electron chi connectivity index (χ1n) is 6.83. The van der Waals surface area contributed by atoms with Gasteiger partial charge < -0.3 is 5.73 Å². The second-order valence-corrected chi connectivity index (χ2v) is 5.49. The lowest BCUT2D eigenvalue weighted by Crippen LogP contribution is -2.43. The van der Waals surface area contributed by atoms with Gasteiger partial charge >= 0.3 is 0 Å². The summed E-state index contributed by atoms with van der Waals surface area (Å²) in [6, 6.07) is 7.43. The Kier molecular flexibility index (Phi) is 6.24. The zero-order valence-electron chi connectivity index (χ0n) is 11.7. The van der Waals surface area contributed by atoms with Crippen LogP contribution in [-0.2, 0) is 0 Å². The van der Waals surface area contributed by atoms with Gasteiger partial charge in [-0.2, -0.15) is 0 Å². The minimum Gasteiger partial charge on any atom is -0.328 e. The number of nitrogens with zero attached hydrogens (tertiary/aromatic N) is 1. The molecule has 19 heavy (non-hydrogen) atoms. The highest BCUT2D eigenvalue weighted by Crippen LogP contribution is 2.27. The van der Waals surface area contributed by atoms with E-state index in [9.17, 15) is 4.39 Å². The molecule has 1 aromatic carbocycles. The van der Waals surface area contributed by atoms with Crippen LogP contribution in [0.3, 0.4) is 0 Å². The van der Waals surface area contributed by atoms with E-state index >= 15 is 0 Å². The molecule has 1 heterocycles. The van der Waals surface area contributed by atoms with E-state index in [0.717, 1.165) is 18.7 Å². The van der Waals surface area contributed by atoms with E-state index in [2.05, 4.69) is 18.7 Å². The van der Waals surface area contributed by atoms with Crippen LogP contribution >= 0.6 is 12.4 Å². The third-order valence-corrected chi connectivity index (χ3v) is 4.11. The van der Waals surface area contributed by atoms with Crippen molar-refractivity contribution in [3.8, 4) is 0 Å². The van der Waals surface area contributed by atoms with Crippen molar-refractivity contribution >= 4 is 12.4 Å². The first-order valence-corrected chi connectivity index (χ1v) is 6.83. The number of halogens is 2. The standard InChI is InChI=1S/C15H23FN2.ClH/c1-11(17)14-6-4-8-18(10-14)12(2)13-5-3-7-15(16)9-13;/h3,5,7,9,11-12,14H,4,6,8,10,17H2,1-2H3;1H. The Morgan fingerprint density at radius 2 is 2.11 bits per heavy atom. The Morgan fingerprint density at radius 1 is 1.37 bits per heavy atom. The van der Waals surface area contributed by atoms with Crippen molar-refractivity contribution in [2.24, 2.45) is 11.7 Å². The highest BCUT2D eigenvalue weighted by Gasteiger charge is 2.26. The van der Waals surface area contributed by atoms with Gasteiger partial charge in [-0.3, -0.25) is 4.90 Å². The molecule has 2 N–H and O–H groups in total. The summed E-state index contributed by atoms with van der Waals surface area (Å²) < 4.78 is 13.3. The summed E-state index contributed by atoms with van der Waals surface area (Å²) in [4.78, 5) is 2.42. The summed E-state index contributed by atoms with van der Waals surface area (Å²) in [7, 11) is 0. The molecule has 1 aliphatic rings. The van der Waals surface area contributed by atoms with Crippen LogP contribution in [0.15, 0.2) is 24.3 Å². The second-order valence-electron chi connectivity index (χ2n) is 5.49. The van der Waals surface area contributed by atoms with Crippen molar-refractivity contribution in [3.05, 3.63) is 35.6 Å². The summed E-state index contributed by atoms with van der Waals surface area (Å²) in [5.74, 6) is 0.412. The van der Waals surface area contributed by atoms with Crippen LogP contribution in [0.25, 0.3) is 0 Å². The number of rotatable bonds is 3. The molecular formula is C15H24ClFN2. The number of hydrogen-bond donors (Lipinski definition) is 1. The third-order valence-electron chi connectivity index (χ3n) is 4.11. The van der Waals surface area contributed by atoms with E-state index in [1.807, 2.05) is 6.07 Å². The van der Waals surface area contributed by atoms with Crippen molar-refractivity contribution in [1.82, 2.24) is 4.90 Å². The molecule has 1 saturated heterocycles. The van der Waals surface area contributed by atoms with Crippen LogP contribution < -0.4 is 5.73 Å². The molecule has 0 spiro atoms. The summed E-state index contributed by atoms with van der Waals surface area (Å²) in [5, 5.41) is 0. The van der Waals surface area contributed by atoms with E-state index in [1.54, 1.807) is 12.1 Å². The number of nitrogens with two attached hydrogens (primary N) is 1. The quantitative estimate of drug-likeness (QED) is 0.923. The van der Waals surface area contributed by atoms with Gasteiger partial charge in [0.25, 0.3) is 0 Å². The summed E-state index contributed by atoms with van der Waals surface area (Å²) in [6.07, 6.45) is 2.40. The maximum atomic E-state index is 13.3. The first kappa shape index (κ1) is 16.4. The minimum absolute atomic E-state index is 0. The number of piperidine rings is 1. The van der Waals surface area contributed by atoms with Crippen LogP contribution in [0.4, 0.5) is 4.39 Å². The Balaban J connectivity index is 0.00000180. The predicted octanol–water partition coefficient (Wildman–Crippen LogP) is 3.37. The normalized spacial score (nSPS) is 23.5. The van der Waals surface area contributed by atoms with Gasteiger partial charge in [-0.15, -0.1) is 12.4 Å². The fraction of sp³-hybridized carbons (Fsp3) is 0.600. The molecule has 3 atom stereocenters. The zero-order chi connectivity index (χ0) is 13.1. The molecule has 1 fully saturated rings. The van der Waals surface area contributed by atoms with Gasteiger partial charge in [-0.1, -0.05) is 12.1 Å². The smallest absolute Gasteiger partial charge is 0.123 e. The van der Waals surface area contributed by atoms with E-state index in [-0.39, 0.29) is 30.3 Å². The maximum Gasteiger partial charge on any atom is 0.123 e. The van der Waals surface area contributed by atoms with Crippen LogP contribution in [0.5, 0.6) is 0 Å². The summed E-state index contributed by atoms with van der Waals surface area (Å²) in [5.41, 5.74) is 7.06. The molecule has 4 heteroatoms. The molecule has 108 valence electrons. The van der Waals surface area contributed by atoms with Crippen LogP contribution in [-0.4, -0.2) is 24.0 Å². The molecule has 3 unspecified atom stereocenters. The molecule has 2 rings (SSSR count). The lowest BCUT2D eigenvalue weighted by Gasteiger charge is -2.38. The van der Waals surface area contributed by atoms with E-state index in [4.69, 9.17) is 5.73 Å². The van der Waals surface area contributed by atoms with Gasteiger partial charge in [0, 0.05) is 18.6 Å². The topological polar surface area (TPSA) is 29.3 Å². The monoisotopic (exact) mass is 286 g/mol. The van der Waals surface area contributed by atoms with Crippen molar-refractivity contribution in [2.75, 3.05) is 13.1 Å². The van der Waals surface area contributed by atoms with Crippen molar-refractivity contribution in [1.29, 1.82) is 0 Å². The maximum absolute atomic E-state index is 13.3. The first-order chi connectivity index (χ1) is 8.58. The van der Waals surface area contributed by atoms with Gasteiger partial charge in [-0.25, -0.2) is 4.39 Å². The van der Waals surface area contributed by atoms with Gasteiger partial charge in [0.2, 0.25) is 0 Å². The molecule has 0 bridgehead atoms. The van der Waals surface area contributed by atoms with Gasteiger partial charge in [0.15, 0.2) is 0 Å². The highest BCUT2D eigenvalue weighted by molar-refractivity contribution is 5.85. The molecule has 0 aromatic heterocycles. The molecular weight excluding hydrogens is 263 g/mol. The van der Waals surface area contributed by atoms with Crippen molar-refractivity contribution in [2.45, 2.75) is 38.8 Å². The van der Waals surface area contributed by atoms with Crippen LogP contribution in [0.2, 0.25) is 0 Å². The molecule has 1 aromatic rings. The zero-order valence-corrected chi connectivity index (χ0v) is 12.5. The largest absolute Gasteiger partial charge is 0.328 e. The number of likely N-dealkylation sites (tertiary alicyclic amines) is 1. The molecule has 2 nitrogen and oxygen atoms in total. The fourth-order valence-corrected chi connectivity index (χ4v) is 2.80. The van der Waals surface area contributed by atoms with Crippen molar-refractivity contribution < 1.29 is 4.39 Å². The Bertz CT molecular complexity index is 397. The molecule has 1 aliphatic heterocycles. The Hall–Kier alpha value is -0.640. The average molecular weight is 287 g/mol. The SMILES string of the molecule is CC(N)C1CCCN(C(C)c2cccc(F)c2)C1.Cl. The average Bonchev–Trinajstić information content (AvgIpc) is 2.38. The van der Waals surface area contributed by atoms with Gasteiger partial charge in [0.1, 0.15) is 5.82 Å². The second kappa shape index (κ2) is 7.22. The van der Waals surface area contributed by atoms with Gasteiger partial charge in [0.05, 0.1) is 0 Å². The Labute approximate surface area is 121 Å². The molecule has 0 aliphatic carbocycles. The lowest BCUT2D eigenvalue weighted by molar-refractivity contribution is 0.121. The van der Waals surface area contributed by atoms with E-state index in [1.165, 1.54) is 18.9 Å². The number of benzene rings is 1. The minimum atomic E-state index is -0.153. The summed E-state index contributed by atoms with van der Waals surface area (Å²) >= 11 is 0. The lowest BCUT2D eigenvalue weighted by atomic mass is 9.90. The molecule has 0 radical (unpaired) electrons. The van der Waals surface area contributed by atoms with Crippen LogP contribution in [0.1, 0.15) is 38.3 Å². The van der Waals surface area contributed by atoms with Crippen molar-refractivity contribution in [3.63, 3.8) is 0 Å². The Morgan fingerprint density at radius 3 is 2.74 bits per heavy atom.